The van der Waals surface area contributed by atoms with Crippen molar-refractivity contribution in [3.63, 3.8) is 0 Å². The van der Waals surface area contributed by atoms with E-state index >= 15 is 0 Å². The summed E-state index contributed by atoms with van der Waals surface area (Å²) in [6.45, 7) is 1.84. The van der Waals surface area contributed by atoms with Crippen molar-refractivity contribution in [3.8, 4) is 0 Å². The van der Waals surface area contributed by atoms with Crippen molar-refractivity contribution in [1.82, 2.24) is 9.71 Å². The van der Waals surface area contributed by atoms with Gasteiger partial charge in [0.2, 0.25) is 0 Å². The van der Waals surface area contributed by atoms with E-state index in [0.29, 0.717) is 6.42 Å². The lowest BCUT2D eigenvalue weighted by Crippen LogP contribution is -2.38. The first-order chi connectivity index (χ1) is 8.88. The van der Waals surface area contributed by atoms with Gasteiger partial charge >= 0.3 is 0 Å². The van der Waals surface area contributed by atoms with Crippen molar-refractivity contribution < 1.29 is 17.9 Å². The van der Waals surface area contributed by atoms with Crippen molar-refractivity contribution in [2.75, 3.05) is 0 Å². The van der Waals surface area contributed by atoms with E-state index in [0.717, 1.165) is 12.6 Å². The summed E-state index contributed by atoms with van der Waals surface area (Å²) >= 11 is 5.67. The maximum Gasteiger partial charge on any atom is 0.265 e. The average Bonchev–Trinajstić information content (AvgIpc) is 2.75. The molecule has 0 aliphatic carbocycles. The highest BCUT2D eigenvalue weighted by Crippen LogP contribution is 2.20. The molecule has 0 radical (unpaired) electrons. The average molecular weight is 305 g/mol. The summed E-state index contributed by atoms with van der Waals surface area (Å²) in [4.78, 5) is 15.3. The molecule has 0 bridgehead atoms. The minimum absolute atomic E-state index is 0.0358. The van der Waals surface area contributed by atoms with Crippen molar-refractivity contribution in [1.29, 1.82) is 0 Å². The van der Waals surface area contributed by atoms with Crippen LogP contribution in [0, 0.1) is 0 Å². The van der Waals surface area contributed by atoms with Crippen molar-refractivity contribution >= 4 is 27.5 Å². The number of halogens is 1. The number of hydrogen-bond donors (Lipinski definition) is 1. The van der Waals surface area contributed by atoms with Crippen LogP contribution in [0.2, 0.25) is 5.02 Å². The number of ether oxygens (including phenoxy) is 1. The Morgan fingerprint density at radius 1 is 1.47 bits per heavy atom. The molecule has 1 saturated heterocycles. The minimum atomic E-state index is -3.96. The summed E-state index contributed by atoms with van der Waals surface area (Å²) in [5, 5.41) is 0.182. The number of sulfonamides is 1. The molecule has 1 fully saturated rings. The molecule has 2 heterocycles. The maximum absolute atomic E-state index is 11.9. The van der Waals surface area contributed by atoms with Crippen LogP contribution in [0.25, 0.3) is 0 Å². The fourth-order valence-electron chi connectivity index (χ4n) is 1.79. The lowest BCUT2D eigenvalue weighted by atomic mass is 10.2. The number of nitrogens with one attached hydrogen (secondary N) is 1. The van der Waals surface area contributed by atoms with Gasteiger partial charge in [-0.25, -0.2) is 13.1 Å². The van der Waals surface area contributed by atoms with E-state index in [9.17, 15) is 13.2 Å². The van der Waals surface area contributed by atoms with Gasteiger partial charge in [0.05, 0.1) is 11.1 Å². The highest BCUT2D eigenvalue weighted by Gasteiger charge is 2.31. The third-order valence-electron chi connectivity index (χ3n) is 2.75. The van der Waals surface area contributed by atoms with E-state index in [4.69, 9.17) is 16.3 Å². The Balaban J connectivity index is 2.11. The highest BCUT2D eigenvalue weighted by molar-refractivity contribution is 7.90. The predicted molar refractivity (Wildman–Crippen MR) is 68.1 cm³/mol. The molecule has 19 heavy (non-hydrogen) atoms. The molecule has 0 unspecified atom stereocenters. The van der Waals surface area contributed by atoms with Crippen LogP contribution in [0.1, 0.15) is 19.8 Å². The SMILES string of the molecule is C[C@H]1CC[C@H](C(=O)NS(=O)(=O)c2cncc(Cl)c2)O1. The molecule has 104 valence electrons. The summed E-state index contributed by atoms with van der Waals surface area (Å²) in [6.07, 6.45) is 2.92. The Bertz CT molecular complexity index is 590. The second-order valence-corrected chi connectivity index (χ2v) is 6.44. The van der Waals surface area contributed by atoms with Gasteiger partial charge < -0.3 is 4.74 Å². The number of amides is 1. The zero-order valence-electron chi connectivity index (χ0n) is 10.2. The van der Waals surface area contributed by atoms with Crippen LogP contribution in [0.15, 0.2) is 23.4 Å². The molecule has 0 aromatic carbocycles. The van der Waals surface area contributed by atoms with Gasteiger partial charge in [-0.15, -0.1) is 0 Å². The monoisotopic (exact) mass is 304 g/mol. The van der Waals surface area contributed by atoms with Gasteiger partial charge in [0.25, 0.3) is 15.9 Å². The van der Waals surface area contributed by atoms with Gasteiger partial charge in [0.15, 0.2) is 0 Å². The molecule has 2 rings (SSSR count). The molecule has 1 amide bonds. The molecular weight excluding hydrogens is 292 g/mol. The van der Waals surface area contributed by atoms with E-state index in [1.807, 2.05) is 11.6 Å². The number of carbonyl (C=O) groups is 1. The lowest BCUT2D eigenvalue weighted by molar-refractivity contribution is -0.129. The number of carbonyl (C=O) groups excluding carboxylic acids is 1. The summed E-state index contributed by atoms with van der Waals surface area (Å²) in [6, 6.07) is 1.22. The van der Waals surface area contributed by atoms with E-state index in [1.54, 1.807) is 0 Å². The first kappa shape index (κ1) is 14.2. The second-order valence-electron chi connectivity index (χ2n) is 4.32. The molecule has 0 spiro atoms. The smallest absolute Gasteiger partial charge is 0.265 e. The fraction of sp³-hybridized carbons (Fsp3) is 0.455. The summed E-state index contributed by atoms with van der Waals surface area (Å²) in [5.41, 5.74) is 0. The van der Waals surface area contributed by atoms with Crippen LogP contribution in [-0.2, 0) is 19.6 Å². The second kappa shape index (κ2) is 5.44. The van der Waals surface area contributed by atoms with Crippen molar-refractivity contribution in [2.45, 2.75) is 36.9 Å². The molecule has 1 aliphatic rings. The molecule has 1 aliphatic heterocycles. The minimum Gasteiger partial charge on any atom is -0.365 e. The summed E-state index contributed by atoms with van der Waals surface area (Å²) in [7, 11) is -3.96. The number of hydrogen-bond acceptors (Lipinski definition) is 5. The lowest BCUT2D eigenvalue weighted by Gasteiger charge is -2.12. The first-order valence-electron chi connectivity index (χ1n) is 5.71. The molecule has 1 N–H and O–H groups in total. The van der Waals surface area contributed by atoms with Crippen LogP contribution in [0.4, 0.5) is 0 Å². The number of pyridine rings is 1. The van der Waals surface area contributed by atoms with Crippen LogP contribution >= 0.6 is 11.6 Å². The Morgan fingerprint density at radius 2 is 2.21 bits per heavy atom. The summed E-state index contributed by atoms with van der Waals surface area (Å²) in [5.74, 6) is -0.663. The molecule has 0 saturated carbocycles. The van der Waals surface area contributed by atoms with Crippen LogP contribution in [0.5, 0.6) is 0 Å². The number of rotatable bonds is 3. The Kier molecular flexibility index (Phi) is 4.07. The van der Waals surface area contributed by atoms with Crippen LogP contribution in [-0.4, -0.2) is 31.5 Å². The molecule has 1 aromatic rings. The molecule has 8 heteroatoms. The van der Waals surface area contributed by atoms with Crippen molar-refractivity contribution in [3.05, 3.63) is 23.5 Å². The van der Waals surface area contributed by atoms with E-state index < -0.39 is 22.0 Å². The van der Waals surface area contributed by atoms with E-state index in [1.165, 1.54) is 12.3 Å². The Morgan fingerprint density at radius 3 is 2.79 bits per heavy atom. The molecule has 1 aromatic heterocycles. The number of nitrogens with zero attached hydrogens (tertiary/aromatic N) is 1. The molecule has 2 atom stereocenters. The van der Waals surface area contributed by atoms with Crippen LogP contribution < -0.4 is 4.72 Å². The fourth-order valence-corrected chi connectivity index (χ4v) is 3.03. The van der Waals surface area contributed by atoms with Gasteiger partial charge in [-0.2, -0.15) is 0 Å². The topological polar surface area (TPSA) is 85.4 Å². The first-order valence-corrected chi connectivity index (χ1v) is 7.57. The van der Waals surface area contributed by atoms with Crippen molar-refractivity contribution in [2.24, 2.45) is 0 Å². The maximum atomic E-state index is 11.9. The van der Waals surface area contributed by atoms with Crippen LogP contribution in [0.3, 0.4) is 0 Å². The Labute approximate surface area is 116 Å². The van der Waals surface area contributed by atoms with Gasteiger partial charge in [-0.05, 0) is 25.8 Å². The quantitative estimate of drug-likeness (QED) is 0.904. The molecule has 6 nitrogen and oxygen atoms in total. The number of aromatic nitrogens is 1. The zero-order valence-corrected chi connectivity index (χ0v) is 11.7. The van der Waals surface area contributed by atoms with E-state index in [2.05, 4.69) is 4.98 Å². The van der Waals surface area contributed by atoms with Gasteiger partial charge in [0.1, 0.15) is 11.0 Å². The third kappa shape index (κ3) is 3.43. The predicted octanol–water partition coefficient (Wildman–Crippen LogP) is 1.11. The normalized spacial score (nSPS) is 23.3. The van der Waals surface area contributed by atoms with E-state index in [-0.39, 0.29) is 16.0 Å². The Hall–Kier alpha value is -1.18. The molecular formula is C11H13ClN2O4S. The standard InChI is InChI=1S/C11H13ClN2O4S/c1-7-2-3-10(18-7)11(15)14-19(16,17)9-4-8(12)5-13-6-9/h4-7,10H,2-3H2,1H3,(H,14,15)/t7-,10+/m0/s1. The van der Waals surface area contributed by atoms with Gasteiger partial charge in [-0.1, -0.05) is 11.6 Å². The van der Waals surface area contributed by atoms with Gasteiger partial charge in [-0.3, -0.25) is 9.78 Å². The highest BCUT2D eigenvalue weighted by atomic mass is 35.5. The summed E-state index contributed by atoms with van der Waals surface area (Å²) < 4.78 is 31.2. The largest absolute Gasteiger partial charge is 0.365 e. The third-order valence-corrected chi connectivity index (χ3v) is 4.27. The van der Waals surface area contributed by atoms with Gasteiger partial charge in [0, 0.05) is 12.4 Å². The zero-order chi connectivity index (χ0) is 14.0.